The summed E-state index contributed by atoms with van der Waals surface area (Å²) in [7, 11) is 1.89. The van der Waals surface area contributed by atoms with Crippen molar-refractivity contribution in [2.24, 2.45) is 0 Å². The molecule has 1 aromatic carbocycles. The fraction of sp³-hybridized carbons (Fsp3) is 0.588. The van der Waals surface area contributed by atoms with E-state index in [9.17, 15) is 5.26 Å². The first-order valence-corrected chi connectivity index (χ1v) is 7.67. The van der Waals surface area contributed by atoms with Crippen molar-refractivity contribution in [3.63, 3.8) is 0 Å². The number of nitriles is 1. The van der Waals surface area contributed by atoms with E-state index in [1.807, 2.05) is 7.05 Å². The van der Waals surface area contributed by atoms with Gasteiger partial charge in [-0.05, 0) is 50.8 Å². The third-order valence-electron chi connectivity index (χ3n) is 4.53. The SMILES string of the molecule is CCC(C#N)(CCCN1CCCc2ccccc21)NC. The molecule has 20 heavy (non-hydrogen) atoms. The van der Waals surface area contributed by atoms with Gasteiger partial charge in [0.25, 0.3) is 0 Å². The Hall–Kier alpha value is -1.53. The predicted molar refractivity (Wildman–Crippen MR) is 83.9 cm³/mol. The van der Waals surface area contributed by atoms with Gasteiger partial charge in [0, 0.05) is 18.8 Å². The van der Waals surface area contributed by atoms with Crippen LogP contribution in [0.25, 0.3) is 0 Å². The summed E-state index contributed by atoms with van der Waals surface area (Å²) in [5.41, 5.74) is 2.51. The molecule has 2 rings (SSSR count). The van der Waals surface area contributed by atoms with Crippen LogP contribution >= 0.6 is 0 Å². The first kappa shape index (κ1) is 14.9. The number of aryl methyl sites for hydroxylation is 1. The summed E-state index contributed by atoms with van der Waals surface area (Å²) in [5, 5.41) is 12.5. The van der Waals surface area contributed by atoms with Crippen LogP contribution in [0.4, 0.5) is 5.69 Å². The number of benzene rings is 1. The second kappa shape index (κ2) is 6.76. The van der Waals surface area contributed by atoms with E-state index in [1.54, 1.807) is 0 Å². The van der Waals surface area contributed by atoms with E-state index in [0.717, 1.165) is 32.4 Å². The van der Waals surface area contributed by atoms with Crippen molar-refractivity contribution in [1.82, 2.24) is 5.32 Å². The third kappa shape index (κ3) is 3.13. The summed E-state index contributed by atoms with van der Waals surface area (Å²) in [5.74, 6) is 0. The van der Waals surface area contributed by atoms with Gasteiger partial charge < -0.3 is 10.2 Å². The molecule has 3 nitrogen and oxygen atoms in total. The molecule has 1 atom stereocenters. The van der Waals surface area contributed by atoms with Crippen LogP contribution < -0.4 is 10.2 Å². The van der Waals surface area contributed by atoms with Crippen LogP contribution in [0.15, 0.2) is 24.3 Å². The molecule has 0 spiro atoms. The Kier molecular flexibility index (Phi) is 5.03. The number of para-hydroxylation sites is 1. The summed E-state index contributed by atoms with van der Waals surface area (Å²) in [4.78, 5) is 2.48. The van der Waals surface area contributed by atoms with Crippen molar-refractivity contribution in [2.75, 3.05) is 25.0 Å². The number of anilines is 1. The molecule has 1 N–H and O–H groups in total. The average molecular weight is 271 g/mol. The van der Waals surface area contributed by atoms with Crippen LogP contribution in [-0.4, -0.2) is 25.7 Å². The fourth-order valence-electron chi connectivity index (χ4n) is 3.08. The highest BCUT2D eigenvalue weighted by Crippen LogP contribution is 2.27. The highest BCUT2D eigenvalue weighted by atomic mass is 15.1. The lowest BCUT2D eigenvalue weighted by molar-refractivity contribution is 0.392. The maximum atomic E-state index is 9.35. The Morgan fingerprint density at radius 3 is 2.90 bits per heavy atom. The van der Waals surface area contributed by atoms with Gasteiger partial charge in [0.05, 0.1) is 6.07 Å². The van der Waals surface area contributed by atoms with Gasteiger partial charge in [-0.15, -0.1) is 0 Å². The van der Waals surface area contributed by atoms with Crippen LogP contribution in [0.1, 0.15) is 38.2 Å². The second-order valence-electron chi connectivity index (χ2n) is 5.62. The van der Waals surface area contributed by atoms with Gasteiger partial charge in [-0.1, -0.05) is 25.1 Å². The van der Waals surface area contributed by atoms with Crippen molar-refractivity contribution in [2.45, 2.75) is 44.6 Å². The van der Waals surface area contributed by atoms with Crippen LogP contribution in [0.5, 0.6) is 0 Å². The summed E-state index contributed by atoms with van der Waals surface area (Å²) in [6, 6.07) is 11.2. The molecule has 0 amide bonds. The first-order chi connectivity index (χ1) is 9.74. The monoisotopic (exact) mass is 271 g/mol. The molecule has 0 aliphatic carbocycles. The largest absolute Gasteiger partial charge is 0.371 e. The highest BCUT2D eigenvalue weighted by Gasteiger charge is 2.25. The van der Waals surface area contributed by atoms with Gasteiger partial charge in [-0.2, -0.15) is 5.26 Å². The second-order valence-corrected chi connectivity index (χ2v) is 5.62. The first-order valence-electron chi connectivity index (χ1n) is 7.67. The topological polar surface area (TPSA) is 39.1 Å². The molecule has 0 fully saturated rings. The number of fused-ring (bicyclic) bond motifs is 1. The zero-order valence-corrected chi connectivity index (χ0v) is 12.7. The Labute approximate surface area is 122 Å². The van der Waals surface area contributed by atoms with Gasteiger partial charge in [-0.3, -0.25) is 0 Å². The molecule has 0 bridgehead atoms. The van der Waals surface area contributed by atoms with Gasteiger partial charge in [0.1, 0.15) is 5.54 Å². The van der Waals surface area contributed by atoms with Crippen LogP contribution in [-0.2, 0) is 6.42 Å². The quantitative estimate of drug-likeness (QED) is 0.864. The van der Waals surface area contributed by atoms with Crippen molar-refractivity contribution < 1.29 is 0 Å². The molecule has 1 unspecified atom stereocenters. The maximum Gasteiger partial charge on any atom is 0.106 e. The Morgan fingerprint density at radius 1 is 1.40 bits per heavy atom. The number of nitrogens with one attached hydrogen (secondary N) is 1. The number of nitrogens with zero attached hydrogens (tertiary/aromatic N) is 2. The predicted octanol–water partition coefficient (Wildman–Crippen LogP) is 3.11. The van der Waals surface area contributed by atoms with E-state index in [4.69, 9.17) is 0 Å². The smallest absolute Gasteiger partial charge is 0.106 e. The van der Waals surface area contributed by atoms with Gasteiger partial charge >= 0.3 is 0 Å². The molecule has 1 aliphatic heterocycles. The molecule has 3 heteroatoms. The summed E-state index contributed by atoms with van der Waals surface area (Å²) in [6.45, 7) is 4.26. The van der Waals surface area contributed by atoms with E-state index in [1.165, 1.54) is 24.1 Å². The third-order valence-corrected chi connectivity index (χ3v) is 4.53. The highest BCUT2D eigenvalue weighted by molar-refractivity contribution is 5.55. The number of rotatable bonds is 6. The zero-order chi connectivity index (χ0) is 14.4. The summed E-state index contributed by atoms with van der Waals surface area (Å²) in [6.07, 6.45) is 5.25. The zero-order valence-electron chi connectivity index (χ0n) is 12.7. The van der Waals surface area contributed by atoms with Crippen molar-refractivity contribution >= 4 is 5.69 Å². The minimum atomic E-state index is -0.352. The number of hydrogen-bond donors (Lipinski definition) is 1. The molecule has 0 aromatic heterocycles. The van der Waals surface area contributed by atoms with Crippen LogP contribution in [0.2, 0.25) is 0 Å². The lowest BCUT2D eigenvalue weighted by atomic mass is 9.92. The van der Waals surface area contributed by atoms with Gasteiger partial charge in [0.15, 0.2) is 0 Å². The molecule has 0 saturated carbocycles. The normalized spacial score (nSPS) is 17.1. The molecule has 1 aliphatic rings. The Morgan fingerprint density at radius 2 is 2.20 bits per heavy atom. The Bertz CT molecular complexity index is 471. The van der Waals surface area contributed by atoms with Crippen LogP contribution in [0.3, 0.4) is 0 Å². The molecule has 1 aromatic rings. The average Bonchev–Trinajstić information content (AvgIpc) is 2.52. The molecule has 108 valence electrons. The fourth-order valence-corrected chi connectivity index (χ4v) is 3.08. The molecular weight excluding hydrogens is 246 g/mol. The molecule has 0 radical (unpaired) electrons. The minimum absolute atomic E-state index is 0.352. The van der Waals surface area contributed by atoms with Crippen molar-refractivity contribution in [3.05, 3.63) is 29.8 Å². The molecule has 1 heterocycles. The molecule has 0 saturated heterocycles. The van der Waals surface area contributed by atoms with E-state index in [-0.39, 0.29) is 5.54 Å². The minimum Gasteiger partial charge on any atom is -0.371 e. The van der Waals surface area contributed by atoms with Crippen molar-refractivity contribution in [1.29, 1.82) is 5.26 Å². The lowest BCUT2D eigenvalue weighted by Crippen LogP contribution is -2.41. The van der Waals surface area contributed by atoms with Crippen LogP contribution in [0, 0.1) is 11.3 Å². The van der Waals surface area contributed by atoms with Crippen molar-refractivity contribution in [3.8, 4) is 6.07 Å². The molecular formula is C17H25N3. The lowest BCUT2D eigenvalue weighted by Gasteiger charge is -2.32. The summed E-state index contributed by atoms with van der Waals surface area (Å²) < 4.78 is 0. The van der Waals surface area contributed by atoms with E-state index < -0.39 is 0 Å². The van der Waals surface area contributed by atoms with E-state index in [0.29, 0.717) is 0 Å². The van der Waals surface area contributed by atoms with Gasteiger partial charge in [-0.25, -0.2) is 0 Å². The maximum absolute atomic E-state index is 9.35. The number of hydrogen-bond acceptors (Lipinski definition) is 3. The van der Waals surface area contributed by atoms with Gasteiger partial charge in [0.2, 0.25) is 0 Å². The summed E-state index contributed by atoms with van der Waals surface area (Å²) >= 11 is 0. The Balaban J connectivity index is 1.94. The van der Waals surface area contributed by atoms with E-state index in [2.05, 4.69) is 47.5 Å². The standard InChI is InChI=1S/C17H25N3/c1-3-17(14-18,19-2)11-7-13-20-12-6-9-15-8-4-5-10-16(15)20/h4-5,8,10,19H,3,6-7,9,11-13H2,1-2H3. The van der Waals surface area contributed by atoms with E-state index >= 15 is 0 Å².